The molecular formula is C31H36F4N4O6S. The van der Waals surface area contributed by atoms with Crippen molar-refractivity contribution in [2.45, 2.75) is 70.4 Å². The van der Waals surface area contributed by atoms with Crippen molar-refractivity contribution in [2.75, 3.05) is 31.9 Å². The summed E-state index contributed by atoms with van der Waals surface area (Å²) in [6, 6.07) is 6.28. The standard InChI is InChI=1S/C31H36F4N4O6S/c1-19-16-22(27(40)38-11-7-29(3,42)8-12-38)17-20(2)23(19)6-15-46(43,44)39-13-9-30(10-14-39)28(41)36-26(37-30)21-4-5-24(32)25(18-21)45-31(33,34)35/h4-5,16-18,42H,6-15H2,1-3H3,(H,36,37,41). The number of hydrogen-bond donors (Lipinski definition) is 2. The van der Waals surface area contributed by atoms with E-state index >= 15 is 0 Å². The highest BCUT2D eigenvalue weighted by molar-refractivity contribution is 7.89. The molecule has 46 heavy (non-hydrogen) atoms. The van der Waals surface area contributed by atoms with Gasteiger partial charge in [0.1, 0.15) is 11.4 Å². The Morgan fingerprint density at radius 3 is 2.24 bits per heavy atom. The molecule has 0 bridgehead atoms. The Kier molecular flexibility index (Phi) is 8.98. The minimum atomic E-state index is -5.11. The third-order valence-corrected chi connectivity index (χ3v) is 10.9. The quantitative estimate of drug-likeness (QED) is 0.434. The molecule has 0 aliphatic carbocycles. The SMILES string of the molecule is Cc1cc(C(=O)N2CCC(C)(O)CC2)cc(C)c1CCS(=O)(=O)N1CCC2(CC1)N=C(c1ccc(F)c(OC(F)(F)F)c1)NC2=O. The van der Waals surface area contributed by atoms with Gasteiger partial charge in [-0.25, -0.2) is 17.1 Å². The lowest BCUT2D eigenvalue weighted by molar-refractivity contribution is -0.275. The second-order valence-electron chi connectivity index (χ2n) is 12.5. The molecule has 10 nitrogen and oxygen atoms in total. The Hall–Kier alpha value is -3.56. The van der Waals surface area contributed by atoms with Gasteiger partial charge in [0.15, 0.2) is 11.6 Å². The molecule has 2 amide bonds. The number of rotatable bonds is 7. The molecule has 3 aliphatic heterocycles. The summed E-state index contributed by atoms with van der Waals surface area (Å²) in [6.07, 6.45) is -3.79. The summed E-state index contributed by atoms with van der Waals surface area (Å²) in [6.45, 7) is 6.37. The Bertz CT molecular complexity index is 1650. The van der Waals surface area contributed by atoms with Crippen molar-refractivity contribution >= 4 is 27.7 Å². The first kappa shape index (κ1) is 33.8. The van der Waals surface area contributed by atoms with Crippen LogP contribution in [0.5, 0.6) is 5.75 Å². The number of nitrogens with zero attached hydrogens (tertiary/aromatic N) is 3. The van der Waals surface area contributed by atoms with Gasteiger partial charge in [0.2, 0.25) is 10.0 Å². The summed E-state index contributed by atoms with van der Waals surface area (Å²) in [4.78, 5) is 32.2. The highest BCUT2D eigenvalue weighted by atomic mass is 32.2. The molecule has 2 N–H and O–H groups in total. The van der Waals surface area contributed by atoms with Gasteiger partial charge >= 0.3 is 6.36 Å². The van der Waals surface area contributed by atoms with Crippen molar-refractivity contribution in [3.05, 3.63) is 64.0 Å². The Labute approximate surface area is 264 Å². The number of likely N-dealkylation sites (tertiary alicyclic amines) is 1. The molecule has 1 spiro atoms. The van der Waals surface area contributed by atoms with Crippen LogP contribution in [0.1, 0.15) is 65.2 Å². The third kappa shape index (κ3) is 7.20. The predicted molar refractivity (Wildman–Crippen MR) is 160 cm³/mol. The number of aliphatic hydroxyl groups is 1. The maximum absolute atomic E-state index is 13.9. The van der Waals surface area contributed by atoms with Gasteiger partial charge in [0, 0.05) is 37.3 Å². The minimum absolute atomic E-state index is 0.00646. The molecule has 0 aromatic heterocycles. The first-order valence-corrected chi connectivity index (χ1v) is 16.6. The number of benzene rings is 2. The van der Waals surface area contributed by atoms with E-state index < -0.39 is 45.0 Å². The monoisotopic (exact) mass is 668 g/mol. The summed E-state index contributed by atoms with van der Waals surface area (Å²) >= 11 is 0. The molecule has 3 aliphatic rings. The van der Waals surface area contributed by atoms with Gasteiger partial charge in [-0.3, -0.25) is 14.6 Å². The summed E-state index contributed by atoms with van der Waals surface area (Å²) < 4.78 is 83.6. The molecule has 2 fully saturated rings. The number of piperidine rings is 2. The zero-order valence-corrected chi connectivity index (χ0v) is 26.5. The molecule has 0 saturated carbocycles. The first-order valence-electron chi connectivity index (χ1n) is 14.9. The van der Waals surface area contributed by atoms with E-state index in [9.17, 15) is 40.7 Å². The number of carbonyl (C=O) groups excluding carboxylic acids is 2. The summed E-state index contributed by atoms with van der Waals surface area (Å²) in [5, 5.41) is 12.7. The van der Waals surface area contributed by atoms with E-state index in [-0.39, 0.29) is 55.4 Å². The Morgan fingerprint density at radius 2 is 1.65 bits per heavy atom. The van der Waals surface area contributed by atoms with Gasteiger partial charge in [-0.05, 0) is 99.9 Å². The topological polar surface area (TPSA) is 129 Å². The maximum atomic E-state index is 13.9. The zero-order valence-electron chi connectivity index (χ0n) is 25.7. The Morgan fingerprint density at radius 1 is 1.04 bits per heavy atom. The number of ether oxygens (including phenoxy) is 1. The number of carbonyl (C=O) groups is 2. The van der Waals surface area contributed by atoms with Gasteiger partial charge in [0.25, 0.3) is 11.8 Å². The van der Waals surface area contributed by atoms with E-state index in [1.165, 1.54) is 10.4 Å². The van der Waals surface area contributed by atoms with Crippen LogP contribution in [0.2, 0.25) is 0 Å². The van der Waals surface area contributed by atoms with E-state index in [4.69, 9.17) is 0 Å². The average molecular weight is 669 g/mol. The van der Waals surface area contributed by atoms with Crippen LogP contribution in [0.3, 0.4) is 0 Å². The van der Waals surface area contributed by atoms with Crippen LogP contribution in [0.25, 0.3) is 0 Å². The van der Waals surface area contributed by atoms with E-state index in [1.807, 2.05) is 13.8 Å². The van der Waals surface area contributed by atoms with Crippen molar-refractivity contribution in [3.8, 4) is 5.75 Å². The summed E-state index contributed by atoms with van der Waals surface area (Å²) in [5.74, 6) is -3.17. The van der Waals surface area contributed by atoms with Crippen LogP contribution in [-0.4, -0.2) is 89.8 Å². The fourth-order valence-electron chi connectivity index (χ4n) is 6.23. The van der Waals surface area contributed by atoms with Crippen LogP contribution in [0.4, 0.5) is 17.6 Å². The van der Waals surface area contributed by atoms with Crippen LogP contribution >= 0.6 is 0 Å². The largest absolute Gasteiger partial charge is 0.573 e. The van der Waals surface area contributed by atoms with Crippen molar-refractivity contribution < 1.29 is 45.4 Å². The van der Waals surface area contributed by atoms with Gasteiger partial charge in [0.05, 0.1) is 11.4 Å². The van der Waals surface area contributed by atoms with Crippen LogP contribution in [0.15, 0.2) is 35.3 Å². The van der Waals surface area contributed by atoms with E-state index in [0.717, 1.165) is 28.8 Å². The fourth-order valence-corrected chi connectivity index (χ4v) is 7.68. The maximum Gasteiger partial charge on any atom is 0.573 e. The van der Waals surface area contributed by atoms with Crippen LogP contribution in [0, 0.1) is 19.7 Å². The number of halogens is 4. The van der Waals surface area contributed by atoms with Gasteiger partial charge in [-0.2, -0.15) is 0 Å². The van der Waals surface area contributed by atoms with E-state index in [0.29, 0.717) is 31.5 Å². The lowest BCUT2D eigenvalue weighted by Crippen LogP contribution is -2.50. The van der Waals surface area contributed by atoms with Crippen molar-refractivity contribution in [3.63, 3.8) is 0 Å². The number of aryl methyl sites for hydroxylation is 2. The molecule has 0 radical (unpaired) electrons. The average Bonchev–Trinajstić information content (AvgIpc) is 3.27. The van der Waals surface area contributed by atoms with Gasteiger partial charge in [-0.1, -0.05) is 0 Å². The van der Waals surface area contributed by atoms with E-state index in [2.05, 4.69) is 15.0 Å². The molecule has 0 unspecified atom stereocenters. The predicted octanol–water partition coefficient (Wildman–Crippen LogP) is 3.61. The number of alkyl halides is 3. The molecule has 2 saturated heterocycles. The molecular weight excluding hydrogens is 632 g/mol. The number of nitrogens with one attached hydrogen (secondary N) is 1. The number of amides is 2. The third-order valence-electron chi connectivity index (χ3n) is 9.03. The van der Waals surface area contributed by atoms with E-state index in [1.54, 1.807) is 24.0 Å². The van der Waals surface area contributed by atoms with Crippen molar-refractivity contribution in [1.29, 1.82) is 0 Å². The highest BCUT2D eigenvalue weighted by Crippen LogP contribution is 2.34. The number of aliphatic imine (C=N–C) groups is 1. The Balaban J connectivity index is 1.22. The smallest absolute Gasteiger partial charge is 0.403 e. The number of sulfonamides is 1. The molecule has 5 rings (SSSR count). The summed E-state index contributed by atoms with van der Waals surface area (Å²) in [5.41, 5.74) is 0.878. The molecule has 2 aromatic carbocycles. The number of amidine groups is 1. The second-order valence-corrected chi connectivity index (χ2v) is 14.6. The fraction of sp³-hybridized carbons (Fsp3) is 0.516. The summed E-state index contributed by atoms with van der Waals surface area (Å²) in [7, 11) is -3.74. The van der Waals surface area contributed by atoms with Crippen LogP contribution < -0.4 is 10.1 Å². The minimum Gasteiger partial charge on any atom is -0.403 e. The molecule has 0 atom stereocenters. The lowest BCUT2D eigenvalue weighted by atomic mass is 9.89. The lowest BCUT2D eigenvalue weighted by Gasteiger charge is -2.36. The number of hydrogen-bond acceptors (Lipinski definition) is 7. The zero-order chi connectivity index (χ0) is 33.7. The molecule has 250 valence electrons. The normalized spacial score (nSPS) is 20.0. The van der Waals surface area contributed by atoms with Gasteiger partial charge in [-0.15, -0.1) is 13.2 Å². The van der Waals surface area contributed by atoms with Crippen molar-refractivity contribution in [2.24, 2.45) is 4.99 Å². The van der Waals surface area contributed by atoms with Crippen molar-refractivity contribution in [1.82, 2.24) is 14.5 Å². The highest BCUT2D eigenvalue weighted by Gasteiger charge is 2.47. The first-order chi connectivity index (χ1) is 21.4. The van der Waals surface area contributed by atoms with Gasteiger partial charge < -0.3 is 20.1 Å². The second kappa shape index (κ2) is 12.2. The molecule has 3 heterocycles. The molecule has 2 aromatic rings. The van der Waals surface area contributed by atoms with Crippen LogP contribution in [-0.2, 0) is 21.2 Å². The molecule has 15 heteroatoms.